The summed E-state index contributed by atoms with van der Waals surface area (Å²) < 4.78 is 0. The topological polar surface area (TPSA) is 57.6 Å². The number of aliphatic carboxylic acids is 1. The van der Waals surface area contributed by atoms with Gasteiger partial charge in [0.05, 0.1) is 6.42 Å². The van der Waals surface area contributed by atoms with E-state index in [2.05, 4.69) is 0 Å². The molecule has 1 aliphatic heterocycles. The summed E-state index contributed by atoms with van der Waals surface area (Å²) in [5.74, 6) is -0.462. The molecule has 0 unspecified atom stereocenters. The maximum atomic E-state index is 11.6. The van der Waals surface area contributed by atoms with E-state index in [-0.39, 0.29) is 11.7 Å². The first-order valence-electron chi connectivity index (χ1n) is 5.33. The Morgan fingerprint density at radius 1 is 1.13 bits per heavy atom. The molecule has 0 aromatic carbocycles. The van der Waals surface area contributed by atoms with Crippen molar-refractivity contribution in [1.82, 2.24) is 4.90 Å². The smallest absolute Gasteiger partial charge is 0.304 e. The fourth-order valence-corrected chi connectivity index (χ4v) is 2.39. The lowest BCUT2D eigenvalue weighted by atomic mass is 10.2. The first kappa shape index (κ1) is 12.4. The van der Waals surface area contributed by atoms with E-state index < -0.39 is 5.97 Å². The van der Waals surface area contributed by atoms with E-state index in [9.17, 15) is 9.59 Å². The Hall–Kier alpha value is -0.710. The minimum Gasteiger partial charge on any atom is -0.481 e. The molecule has 1 amide bonds. The number of hydrogen-bond donors (Lipinski definition) is 1. The van der Waals surface area contributed by atoms with Crippen LogP contribution in [0.4, 0.5) is 4.79 Å². The molecule has 4 nitrogen and oxygen atoms in total. The monoisotopic (exact) mass is 231 g/mol. The summed E-state index contributed by atoms with van der Waals surface area (Å²) in [4.78, 5) is 23.7. The van der Waals surface area contributed by atoms with Gasteiger partial charge in [-0.3, -0.25) is 9.59 Å². The second kappa shape index (κ2) is 6.71. The highest BCUT2D eigenvalue weighted by molar-refractivity contribution is 8.13. The van der Waals surface area contributed by atoms with E-state index in [0.717, 1.165) is 37.7 Å². The Morgan fingerprint density at radius 2 is 1.73 bits per heavy atom. The molecule has 0 atom stereocenters. The molecule has 0 aliphatic carbocycles. The van der Waals surface area contributed by atoms with Crippen LogP contribution in [-0.4, -0.2) is 40.1 Å². The van der Waals surface area contributed by atoms with Crippen molar-refractivity contribution in [2.45, 2.75) is 32.1 Å². The van der Waals surface area contributed by atoms with E-state index in [4.69, 9.17) is 5.11 Å². The molecule has 0 aromatic rings. The molecule has 0 bridgehead atoms. The van der Waals surface area contributed by atoms with Crippen molar-refractivity contribution < 1.29 is 14.7 Å². The number of carbonyl (C=O) groups is 2. The van der Waals surface area contributed by atoms with Crippen molar-refractivity contribution in [3.8, 4) is 0 Å². The summed E-state index contributed by atoms with van der Waals surface area (Å²) in [6, 6.07) is 0. The van der Waals surface area contributed by atoms with E-state index in [0.29, 0.717) is 5.75 Å². The van der Waals surface area contributed by atoms with Crippen LogP contribution >= 0.6 is 11.8 Å². The van der Waals surface area contributed by atoms with Gasteiger partial charge in [0.15, 0.2) is 0 Å². The number of carboxylic acids is 1. The molecule has 0 spiro atoms. The van der Waals surface area contributed by atoms with Crippen LogP contribution in [0, 0.1) is 0 Å². The van der Waals surface area contributed by atoms with Gasteiger partial charge in [-0.15, -0.1) is 0 Å². The van der Waals surface area contributed by atoms with E-state index in [1.165, 1.54) is 12.8 Å². The van der Waals surface area contributed by atoms with Crippen molar-refractivity contribution in [3.63, 3.8) is 0 Å². The Balaban J connectivity index is 2.22. The molecule has 1 rings (SSSR count). The highest BCUT2D eigenvalue weighted by atomic mass is 32.2. The minimum absolute atomic E-state index is 0.0400. The Morgan fingerprint density at radius 3 is 2.27 bits per heavy atom. The quantitative estimate of drug-likeness (QED) is 0.809. The summed E-state index contributed by atoms with van der Waals surface area (Å²) in [5.41, 5.74) is 0. The lowest BCUT2D eigenvalue weighted by Crippen LogP contribution is -2.28. The van der Waals surface area contributed by atoms with Gasteiger partial charge in [0, 0.05) is 18.8 Å². The second-order valence-electron chi connectivity index (χ2n) is 3.66. The number of nitrogens with zero attached hydrogens (tertiary/aromatic N) is 1. The number of carbonyl (C=O) groups excluding carboxylic acids is 1. The van der Waals surface area contributed by atoms with Gasteiger partial charge in [0.1, 0.15) is 0 Å². The van der Waals surface area contributed by atoms with Crippen molar-refractivity contribution in [1.29, 1.82) is 0 Å². The van der Waals surface area contributed by atoms with Crippen LogP contribution in [0.3, 0.4) is 0 Å². The van der Waals surface area contributed by atoms with E-state index in [1.54, 1.807) is 0 Å². The molecule has 0 saturated carbocycles. The largest absolute Gasteiger partial charge is 0.481 e. The van der Waals surface area contributed by atoms with Gasteiger partial charge < -0.3 is 10.0 Å². The highest BCUT2D eigenvalue weighted by Crippen LogP contribution is 2.16. The van der Waals surface area contributed by atoms with Crippen LogP contribution in [0.2, 0.25) is 0 Å². The van der Waals surface area contributed by atoms with Gasteiger partial charge >= 0.3 is 5.97 Å². The number of rotatable bonds is 3. The molecule has 15 heavy (non-hydrogen) atoms. The first-order valence-corrected chi connectivity index (χ1v) is 6.32. The molecule has 1 saturated heterocycles. The number of amides is 1. The molecule has 0 aromatic heterocycles. The standard InChI is InChI=1S/C10H17NO3S/c12-9(13)5-8-15-10(14)11-6-3-1-2-4-7-11/h1-8H2,(H,12,13). The molecule has 1 fully saturated rings. The van der Waals surface area contributed by atoms with Crippen molar-refractivity contribution in [3.05, 3.63) is 0 Å². The third-order valence-electron chi connectivity index (χ3n) is 2.41. The van der Waals surface area contributed by atoms with Crippen LogP contribution < -0.4 is 0 Å². The molecule has 5 heteroatoms. The molecular formula is C10H17NO3S. The summed E-state index contributed by atoms with van der Waals surface area (Å²) in [5, 5.41) is 8.48. The maximum Gasteiger partial charge on any atom is 0.304 e. The maximum absolute atomic E-state index is 11.6. The van der Waals surface area contributed by atoms with E-state index >= 15 is 0 Å². The lowest BCUT2D eigenvalue weighted by Gasteiger charge is -2.19. The van der Waals surface area contributed by atoms with Gasteiger partial charge in [-0.25, -0.2) is 0 Å². The van der Waals surface area contributed by atoms with Crippen molar-refractivity contribution in [2.24, 2.45) is 0 Å². The van der Waals surface area contributed by atoms with Crippen LogP contribution in [0.1, 0.15) is 32.1 Å². The zero-order chi connectivity index (χ0) is 11.1. The van der Waals surface area contributed by atoms with E-state index in [1.807, 2.05) is 4.90 Å². The average molecular weight is 231 g/mol. The first-order chi connectivity index (χ1) is 7.20. The van der Waals surface area contributed by atoms with Crippen LogP contribution in [-0.2, 0) is 4.79 Å². The fourth-order valence-electron chi connectivity index (χ4n) is 1.57. The van der Waals surface area contributed by atoms with Gasteiger partial charge in [0.25, 0.3) is 5.24 Å². The van der Waals surface area contributed by atoms with Gasteiger partial charge in [-0.2, -0.15) is 0 Å². The molecule has 1 aliphatic rings. The number of carboxylic acid groups (broad SMARTS) is 1. The Kier molecular flexibility index (Phi) is 5.53. The number of hydrogen-bond acceptors (Lipinski definition) is 3. The summed E-state index contributed by atoms with van der Waals surface area (Å²) in [6.45, 7) is 1.66. The summed E-state index contributed by atoms with van der Waals surface area (Å²) in [7, 11) is 0. The minimum atomic E-state index is -0.842. The normalized spacial score (nSPS) is 17.2. The van der Waals surface area contributed by atoms with Gasteiger partial charge in [0.2, 0.25) is 0 Å². The predicted molar refractivity (Wildman–Crippen MR) is 60.1 cm³/mol. The number of thioether (sulfide) groups is 1. The summed E-state index contributed by atoms with van der Waals surface area (Å²) >= 11 is 1.13. The summed E-state index contributed by atoms with van der Waals surface area (Å²) in [6.07, 6.45) is 4.61. The third-order valence-corrected chi connectivity index (χ3v) is 3.32. The Bertz CT molecular complexity index is 225. The van der Waals surface area contributed by atoms with Crippen LogP contribution in [0.15, 0.2) is 0 Å². The molecule has 86 valence electrons. The zero-order valence-electron chi connectivity index (χ0n) is 8.78. The highest BCUT2D eigenvalue weighted by Gasteiger charge is 2.15. The second-order valence-corrected chi connectivity index (χ2v) is 4.71. The van der Waals surface area contributed by atoms with Gasteiger partial charge in [-0.05, 0) is 12.8 Å². The van der Waals surface area contributed by atoms with Crippen LogP contribution in [0.5, 0.6) is 0 Å². The fraction of sp³-hybridized carbons (Fsp3) is 0.800. The van der Waals surface area contributed by atoms with Crippen molar-refractivity contribution in [2.75, 3.05) is 18.8 Å². The predicted octanol–water partition coefficient (Wildman–Crippen LogP) is 2.19. The third kappa shape index (κ3) is 5.06. The molecule has 1 N–H and O–H groups in total. The SMILES string of the molecule is O=C(O)CCSC(=O)N1CCCCCC1. The molecule has 0 radical (unpaired) electrons. The lowest BCUT2D eigenvalue weighted by molar-refractivity contribution is -0.136. The number of likely N-dealkylation sites (tertiary alicyclic amines) is 1. The zero-order valence-corrected chi connectivity index (χ0v) is 9.59. The Labute approximate surface area is 94.0 Å². The van der Waals surface area contributed by atoms with Crippen molar-refractivity contribution >= 4 is 23.0 Å². The average Bonchev–Trinajstić information content (AvgIpc) is 2.44. The van der Waals surface area contributed by atoms with Gasteiger partial charge in [-0.1, -0.05) is 24.6 Å². The van der Waals surface area contributed by atoms with Crippen LogP contribution in [0.25, 0.3) is 0 Å². The molecular weight excluding hydrogens is 214 g/mol. The molecule has 1 heterocycles.